The number of carbonyl (C=O) groups is 2. The summed E-state index contributed by atoms with van der Waals surface area (Å²) in [7, 11) is 0. The van der Waals surface area contributed by atoms with Crippen LogP contribution in [-0.2, 0) is 9.53 Å². The topological polar surface area (TPSA) is 59.5 Å². The summed E-state index contributed by atoms with van der Waals surface area (Å²) in [4.78, 5) is 29.6. The van der Waals surface area contributed by atoms with Crippen LogP contribution in [-0.4, -0.2) is 23.4 Å². The predicted octanol–water partition coefficient (Wildman–Crippen LogP) is 3.27. The summed E-state index contributed by atoms with van der Waals surface area (Å²) in [6.07, 6.45) is 3.88. The Labute approximate surface area is 139 Å². The zero-order valence-corrected chi connectivity index (χ0v) is 13.2. The van der Waals surface area contributed by atoms with E-state index in [4.69, 9.17) is 4.74 Å². The Morgan fingerprint density at radius 1 is 1.38 bits per heavy atom. The van der Waals surface area contributed by atoms with Crippen molar-refractivity contribution in [1.29, 1.82) is 0 Å². The summed E-state index contributed by atoms with van der Waals surface area (Å²) in [6.45, 7) is 2.27. The van der Waals surface area contributed by atoms with E-state index in [1.165, 1.54) is 18.2 Å². The Bertz CT molecular complexity index is 764. The molecule has 0 saturated carbocycles. The summed E-state index contributed by atoms with van der Waals surface area (Å²) in [5.41, 5.74) is 1.06. The van der Waals surface area contributed by atoms with E-state index in [1.54, 1.807) is 36.4 Å². The van der Waals surface area contributed by atoms with Gasteiger partial charge in [-0.3, -0.25) is 9.78 Å². The van der Waals surface area contributed by atoms with Crippen molar-refractivity contribution in [1.82, 2.24) is 4.98 Å². The summed E-state index contributed by atoms with van der Waals surface area (Å²) in [6, 6.07) is 7.57. The third-order valence-corrected chi connectivity index (χ3v) is 3.99. The van der Waals surface area contributed by atoms with Crippen LogP contribution in [0, 0.1) is 5.82 Å². The number of rotatable bonds is 4. The number of nitrogens with zero attached hydrogens (tertiary/aromatic N) is 2. The lowest BCUT2D eigenvalue weighted by atomic mass is 10.1. The molecule has 2 aromatic rings. The van der Waals surface area contributed by atoms with E-state index in [2.05, 4.69) is 4.98 Å². The van der Waals surface area contributed by atoms with Crippen LogP contribution >= 0.6 is 0 Å². The molecule has 124 valence electrons. The summed E-state index contributed by atoms with van der Waals surface area (Å²) < 4.78 is 19.4. The maximum Gasteiger partial charge on any atom is 0.341 e. The van der Waals surface area contributed by atoms with Gasteiger partial charge in [-0.05, 0) is 37.6 Å². The Hall–Kier alpha value is -2.76. The molecule has 0 aliphatic carbocycles. The van der Waals surface area contributed by atoms with Gasteiger partial charge < -0.3 is 9.64 Å². The lowest BCUT2D eigenvalue weighted by molar-refractivity contribution is -0.117. The fourth-order valence-electron chi connectivity index (χ4n) is 2.67. The van der Waals surface area contributed by atoms with Gasteiger partial charge >= 0.3 is 5.97 Å². The molecule has 3 rings (SSSR count). The molecule has 0 N–H and O–H groups in total. The van der Waals surface area contributed by atoms with Crippen molar-refractivity contribution in [3.05, 3.63) is 59.7 Å². The largest absolute Gasteiger partial charge is 0.454 e. The molecule has 2 heterocycles. The number of carbonyl (C=O) groups excluding carboxylic acids is 2. The van der Waals surface area contributed by atoms with E-state index in [1.807, 2.05) is 0 Å². The van der Waals surface area contributed by atoms with E-state index in [9.17, 15) is 14.0 Å². The summed E-state index contributed by atoms with van der Waals surface area (Å²) in [5.74, 6) is -1.46. The van der Waals surface area contributed by atoms with Gasteiger partial charge in [-0.25, -0.2) is 9.18 Å². The second-order valence-electron chi connectivity index (χ2n) is 5.65. The second-order valence-corrected chi connectivity index (χ2v) is 5.65. The van der Waals surface area contributed by atoms with Gasteiger partial charge in [0.05, 0.1) is 5.56 Å². The minimum Gasteiger partial charge on any atom is -0.454 e. The number of benzene rings is 1. The minimum absolute atomic E-state index is 0.0235. The van der Waals surface area contributed by atoms with Crippen molar-refractivity contribution in [2.24, 2.45) is 0 Å². The molecule has 1 saturated heterocycles. The Morgan fingerprint density at radius 3 is 2.88 bits per heavy atom. The zero-order chi connectivity index (χ0) is 17.1. The first-order chi connectivity index (χ1) is 11.6. The van der Waals surface area contributed by atoms with Gasteiger partial charge in [0.2, 0.25) is 5.91 Å². The third kappa shape index (κ3) is 3.27. The molecular formula is C18H17FN2O3. The number of amides is 1. The number of hydrogen-bond donors (Lipinski definition) is 0. The van der Waals surface area contributed by atoms with Gasteiger partial charge in [0, 0.05) is 36.6 Å². The van der Waals surface area contributed by atoms with Gasteiger partial charge in [-0.15, -0.1) is 0 Å². The summed E-state index contributed by atoms with van der Waals surface area (Å²) >= 11 is 0. The van der Waals surface area contributed by atoms with Gasteiger partial charge in [-0.1, -0.05) is 6.07 Å². The highest BCUT2D eigenvalue weighted by Gasteiger charge is 2.24. The van der Waals surface area contributed by atoms with Crippen molar-refractivity contribution in [2.45, 2.75) is 25.9 Å². The number of halogens is 1. The Balaban J connectivity index is 1.80. The smallest absolute Gasteiger partial charge is 0.341 e. The molecule has 0 spiro atoms. The SMILES string of the molecule is C[C@H](OC(=O)c1cc(N2CCCC2=O)ccc1F)c1cccnc1. The standard InChI is InChI=1S/C18H17FN2O3/c1-12(13-4-2-8-20-11-13)24-18(23)15-10-14(6-7-16(15)19)21-9-3-5-17(21)22/h2,4,6-8,10-12H,3,5,9H2,1H3/t12-/m0/s1. The lowest BCUT2D eigenvalue weighted by Gasteiger charge is -2.18. The fraction of sp³-hybridized carbons (Fsp3) is 0.278. The van der Waals surface area contributed by atoms with Crippen LogP contribution in [0.25, 0.3) is 0 Å². The molecule has 1 atom stereocenters. The predicted molar refractivity (Wildman–Crippen MR) is 86.1 cm³/mol. The quantitative estimate of drug-likeness (QED) is 0.808. The highest BCUT2D eigenvalue weighted by molar-refractivity contribution is 5.97. The average molecular weight is 328 g/mol. The minimum atomic E-state index is -0.766. The zero-order valence-electron chi connectivity index (χ0n) is 13.2. The number of ether oxygens (including phenoxy) is 1. The van der Waals surface area contributed by atoms with Crippen LogP contribution in [0.4, 0.5) is 10.1 Å². The van der Waals surface area contributed by atoms with E-state index in [0.717, 1.165) is 12.0 Å². The van der Waals surface area contributed by atoms with E-state index >= 15 is 0 Å². The second kappa shape index (κ2) is 6.78. The molecule has 1 fully saturated rings. The van der Waals surface area contributed by atoms with Crippen LogP contribution in [0.15, 0.2) is 42.7 Å². The monoisotopic (exact) mass is 328 g/mol. The van der Waals surface area contributed by atoms with Gasteiger partial charge in [0.15, 0.2) is 0 Å². The lowest BCUT2D eigenvalue weighted by Crippen LogP contribution is -2.24. The average Bonchev–Trinajstić information content (AvgIpc) is 3.02. The third-order valence-electron chi connectivity index (χ3n) is 3.99. The molecule has 0 unspecified atom stereocenters. The van der Waals surface area contributed by atoms with E-state index in [-0.39, 0.29) is 11.5 Å². The van der Waals surface area contributed by atoms with E-state index < -0.39 is 17.9 Å². The Kier molecular flexibility index (Phi) is 4.55. The molecule has 0 radical (unpaired) electrons. The first-order valence-electron chi connectivity index (χ1n) is 7.77. The number of esters is 1. The maximum atomic E-state index is 14.0. The van der Waals surface area contributed by atoms with Gasteiger partial charge in [0.1, 0.15) is 11.9 Å². The number of hydrogen-bond acceptors (Lipinski definition) is 4. The van der Waals surface area contributed by atoms with Crippen LogP contribution in [0.3, 0.4) is 0 Å². The molecule has 0 bridgehead atoms. The molecule has 1 aromatic carbocycles. The molecule has 1 aromatic heterocycles. The van der Waals surface area contributed by atoms with Crippen molar-refractivity contribution >= 4 is 17.6 Å². The van der Waals surface area contributed by atoms with E-state index in [0.29, 0.717) is 18.7 Å². The van der Waals surface area contributed by atoms with Gasteiger partial charge in [0.25, 0.3) is 0 Å². The van der Waals surface area contributed by atoms with Crippen molar-refractivity contribution in [2.75, 3.05) is 11.4 Å². The molecule has 24 heavy (non-hydrogen) atoms. The Morgan fingerprint density at radius 2 is 2.21 bits per heavy atom. The van der Waals surface area contributed by atoms with Crippen LogP contribution in [0.2, 0.25) is 0 Å². The van der Waals surface area contributed by atoms with Crippen molar-refractivity contribution < 1.29 is 18.7 Å². The molecule has 1 aliphatic rings. The number of anilines is 1. The molecule has 1 aliphatic heterocycles. The summed E-state index contributed by atoms with van der Waals surface area (Å²) in [5, 5.41) is 0. The van der Waals surface area contributed by atoms with Crippen LogP contribution < -0.4 is 4.90 Å². The molecule has 6 heteroatoms. The first kappa shape index (κ1) is 16.1. The normalized spacial score (nSPS) is 15.4. The fourth-order valence-corrected chi connectivity index (χ4v) is 2.67. The molecule has 1 amide bonds. The van der Waals surface area contributed by atoms with Crippen LogP contribution in [0.1, 0.15) is 41.8 Å². The van der Waals surface area contributed by atoms with Crippen molar-refractivity contribution in [3.8, 4) is 0 Å². The highest BCUT2D eigenvalue weighted by atomic mass is 19.1. The number of aromatic nitrogens is 1. The molecular weight excluding hydrogens is 311 g/mol. The highest BCUT2D eigenvalue weighted by Crippen LogP contribution is 2.25. The number of pyridine rings is 1. The first-order valence-corrected chi connectivity index (χ1v) is 7.77. The van der Waals surface area contributed by atoms with Crippen LogP contribution in [0.5, 0.6) is 0 Å². The van der Waals surface area contributed by atoms with Crippen molar-refractivity contribution in [3.63, 3.8) is 0 Å². The van der Waals surface area contributed by atoms with Gasteiger partial charge in [-0.2, -0.15) is 0 Å². The maximum absolute atomic E-state index is 14.0. The molecule has 5 nitrogen and oxygen atoms in total.